The Hall–Kier alpha value is -2.50. The molecule has 0 unspecified atom stereocenters. The molecule has 0 aliphatic carbocycles. The van der Waals surface area contributed by atoms with Crippen molar-refractivity contribution in [3.63, 3.8) is 0 Å². The molecule has 0 atom stereocenters. The molecule has 0 saturated carbocycles. The molecule has 1 heterocycles. The molecule has 0 aliphatic rings. The Balaban J connectivity index is 1.77. The Morgan fingerprint density at radius 3 is 2.79 bits per heavy atom. The zero-order valence-corrected chi connectivity index (χ0v) is 10.7. The van der Waals surface area contributed by atoms with Crippen LogP contribution in [-0.2, 0) is 7.05 Å². The van der Waals surface area contributed by atoms with Gasteiger partial charge in [0, 0.05) is 13.2 Å². The van der Waals surface area contributed by atoms with Gasteiger partial charge in [0.2, 0.25) is 0 Å². The molecule has 0 aliphatic heterocycles. The Labute approximate surface area is 111 Å². The fourth-order valence-corrected chi connectivity index (χ4v) is 1.62. The fraction of sp³-hybridized carbons (Fsp3) is 0.231. The van der Waals surface area contributed by atoms with Crippen LogP contribution in [0.4, 0.5) is 5.69 Å². The second-order valence-electron chi connectivity index (χ2n) is 4.02. The van der Waals surface area contributed by atoms with Crippen LogP contribution in [-0.4, -0.2) is 28.8 Å². The number of para-hydroxylation sites is 1. The van der Waals surface area contributed by atoms with E-state index < -0.39 is 0 Å². The lowest BCUT2D eigenvalue weighted by atomic mass is 10.3. The smallest absolute Gasteiger partial charge is 0.274 e. The van der Waals surface area contributed by atoms with E-state index in [0.717, 1.165) is 5.75 Å². The first-order valence-corrected chi connectivity index (χ1v) is 5.92. The number of anilines is 1. The van der Waals surface area contributed by atoms with Gasteiger partial charge in [-0.3, -0.25) is 9.48 Å². The van der Waals surface area contributed by atoms with Crippen LogP contribution < -0.4 is 15.8 Å². The number of nitrogen functional groups attached to an aromatic ring is 1. The highest BCUT2D eigenvalue weighted by molar-refractivity contribution is 5.96. The maximum absolute atomic E-state index is 11.8. The first-order valence-electron chi connectivity index (χ1n) is 5.92. The van der Waals surface area contributed by atoms with Crippen molar-refractivity contribution in [2.75, 3.05) is 18.9 Å². The van der Waals surface area contributed by atoms with Crippen molar-refractivity contribution in [1.29, 1.82) is 0 Å². The third-order valence-electron chi connectivity index (χ3n) is 2.47. The van der Waals surface area contributed by atoms with Gasteiger partial charge in [0.1, 0.15) is 12.4 Å². The van der Waals surface area contributed by atoms with Crippen LogP contribution in [0.15, 0.2) is 36.5 Å². The van der Waals surface area contributed by atoms with E-state index in [0.29, 0.717) is 18.8 Å². The summed E-state index contributed by atoms with van der Waals surface area (Å²) in [6.07, 6.45) is 1.59. The van der Waals surface area contributed by atoms with Crippen molar-refractivity contribution >= 4 is 11.6 Å². The molecule has 6 heteroatoms. The molecule has 1 amide bonds. The van der Waals surface area contributed by atoms with Crippen LogP contribution in [0.1, 0.15) is 10.5 Å². The zero-order chi connectivity index (χ0) is 13.7. The van der Waals surface area contributed by atoms with E-state index in [2.05, 4.69) is 10.4 Å². The summed E-state index contributed by atoms with van der Waals surface area (Å²) in [6, 6.07) is 9.42. The largest absolute Gasteiger partial charge is 0.492 e. The van der Waals surface area contributed by atoms with Crippen LogP contribution >= 0.6 is 0 Å². The van der Waals surface area contributed by atoms with Crippen molar-refractivity contribution in [2.24, 2.45) is 7.05 Å². The summed E-state index contributed by atoms with van der Waals surface area (Å²) in [6.45, 7) is 0.784. The normalized spacial score (nSPS) is 10.2. The quantitative estimate of drug-likeness (QED) is 0.779. The molecule has 19 heavy (non-hydrogen) atoms. The molecular weight excluding hydrogens is 244 g/mol. The third kappa shape index (κ3) is 3.48. The average Bonchev–Trinajstić information content (AvgIpc) is 2.75. The van der Waals surface area contributed by atoms with Gasteiger partial charge in [0.25, 0.3) is 5.91 Å². The molecule has 1 aromatic heterocycles. The number of carbonyl (C=O) groups is 1. The molecule has 1 aromatic carbocycles. The maximum Gasteiger partial charge on any atom is 0.274 e. The Kier molecular flexibility index (Phi) is 4.02. The summed E-state index contributed by atoms with van der Waals surface area (Å²) >= 11 is 0. The zero-order valence-electron chi connectivity index (χ0n) is 10.7. The van der Waals surface area contributed by atoms with Gasteiger partial charge < -0.3 is 15.8 Å². The molecule has 2 rings (SSSR count). The highest BCUT2D eigenvalue weighted by Gasteiger charge is 2.12. The van der Waals surface area contributed by atoms with Crippen molar-refractivity contribution in [3.8, 4) is 5.75 Å². The number of hydrogen-bond donors (Lipinski definition) is 2. The SMILES string of the molecule is Cn1cc(N)c(C(=O)NCCOc2ccccc2)n1. The van der Waals surface area contributed by atoms with Gasteiger partial charge in [0.05, 0.1) is 12.2 Å². The number of aryl methyl sites for hydroxylation is 1. The number of carbonyl (C=O) groups excluding carboxylic acids is 1. The second kappa shape index (κ2) is 5.90. The molecule has 6 nitrogen and oxygen atoms in total. The molecule has 100 valence electrons. The standard InChI is InChI=1S/C13H16N4O2/c1-17-9-11(14)12(16-17)13(18)15-7-8-19-10-5-3-2-4-6-10/h2-6,9H,7-8,14H2,1H3,(H,15,18). The van der Waals surface area contributed by atoms with Crippen LogP contribution in [0, 0.1) is 0 Å². The number of hydrogen-bond acceptors (Lipinski definition) is 4. The van der Waals surface area contributed by atoms with Crippen molar-refractivity contribution in [2.45, 2.75) is 0 Å². The topological polar surface area (TPSA) is 82.2 Å². The van der Waals surface area contributed by atoms with E-state index in [1.807, 2.05) is 30.3 Å². The van der Waals surface area contributed by atoms with E-state index in [4.69, 9.17) is 10.5 Å². The molecule has 0 radical (unpaired) electrons. The van der Waals surface area contributed by atoms with Gasteiger partial charge in [0.15, 0.2) is 5.69 Å². The lowest BCUT2D eigenvalue weighted by molar-refractivity contribution is 0.0942. The number of benzene rings is 1. The van der Waals surface area contributed by atoms with Crippen LogP contribution in [0.25, 0.3) is 0 Å². The minimum absolute atomic E-state index is 0.238. The summed E-state index contributed by atoms with van der Waals surface area (Å²) in [5.74, 6) is 0.476. The molecule has 2 aromatic rings. The van der Waals surface area contributed by atoms with E-state index in [-0.39, 0.29) is 11.6 Å². The fourth-order valence-electron chi connectivity index (χ4n) is 1.62. The Morgan fingerprint density at radius 2 is 2.16 bits per heavy atom. The summed E-state index contributed by atoms with van der Waals surface area (Å²) in [5.41, 5.74) is 6.27. The first kappa shape index (κ1) is 12.9. The second-order valence-corrected chi connectivity index (χ2v) is 4.02. The first-order chi connectivity index (χ1) is 9.16. The van der Waals surface area contributed by atoms with Crippen molar-refractivity contribution in [1.82, 2.24) is 15.1 Å². The predicted molar refractivity (Wildman–Crippen MR) is 71.9 cm³/mol. The van der Waals surface area contributed by atoms with Gasteiger partial charge in [-0.1, -0.05) is 18.2 Å². The lowest BCUT2D eigenvalue weighted by Crippen LogP contribution is -2.29. The number of nitrogens with one attached hydrogen (secondary N) is 1. The van der Waals surface area contributed by atoms with Crippen LogP contribution in [0.5, 0.6) is 5.75 Å². The minimum atomic E-state index is -0.297. The van der Waals surface area contributed by atoms with E-state index in [9.17, 15) is 4.79 Å². The van der Waals surface area contributed by atoms with Gasteiger partial charge >= 0.3 is 0 Å². The lowest BCUT2D eigenvalue weighted by Gasteiger charge is -2.06. The number of amides is 1. The summed E-state index contributed by atoms with van der Waals surface area (Å²) in [4.78, 5) is 11.8. The van der Waals surface area contributed by atoms with E-state index >= 15 is 0 Å². The van der Waals surface area contributed by atoms with Gasteiger partial charge in [-0.15, -0.1) is 0 Å². The van der Waals surface area contributed by atoms with Gasteiger partial charge in [-0.25, -0.2) is 0 Å². The molecule has 0 saturated heterocycles. The average molecular weight is 260 g/mol. The molecule has 3 N–H and O–H groups in total. The number of aromatic nitrogens is 2. The minimum Gasteiger partial charge on any atom is -0.492 e. The maximum atomic E-state index is 11.8. The van der Waals surface area contributed by atoms with Crippen molar-refractivity contribution < 1.29 is 9.53 Å². The van der Waals surface area contributed by atoms with Gasteiger partial charge in [-0.2, -0.15) is 5.10 Å². The highest BCUT2D eigenvalue weighted by atomic mass is 16.5. The molecule has 0 bridgehead atoms. The van der Waals surface area contributed by atoms with E-state index in [1.165, 1.54) is 4.68 Å². The number of nitrogens with zero attached hydrogens (tertiary/aromatic N) is 2. The highest BCUT2D eigenvalue weighted by Crippen LogP contribution is 2.08. The van der Waals surface area contributed by atoms with Gasteiger partial charge in [-0.05, 0) is 12.1 Å². The predicted octanol–water partition coefficient (Wildman–Crippen LogP) is 0.811. The van der Waals surface area contributed by atoms with E-state index in [1.54, 1.807) is 13.2 Å². The number of ether oxygens (including phenoxy) is 1. The third-order valence-corrected chi connectivity index (χ3v) is 2.47. The number of rotatable bonds is 5. The Bertz CT molecular complexity index is 551. The molecular formula is C13H16N4O2. The Morgan fingerprint density at radius 1 is 1.42 bits per heavy atom. The molecule has 0 fully saturated rings. The number of nitrogens with two attached hydrogens (primary N) is 1. The molecule has 0 spiro atoms. The monoisotopic (exact) mass is 260 g/mol. The summed E-state index contributed by atoms with van der Waals surface area (Å²) in [5, 5.41) is 6.69. The summed E-state index contributed by atoms with van der Waals surface area (Å²) < 4.78 is 6.96. The summed E-state index contributed by atoms with van der Waals surface area (Å²) in [7, 11) is 1.71. The van der Waals surface area contributed by atoms with Crippen LogP contribution in [0.2, 0.25) is 0 Å². The van der Waals surface area contributed by atoms with Crippen LogP contribution in [0.3, 0.4) is 0 Å². The van der Waals surface area contributed by atoms with Crippen molar-refractivity contribution in [3.05, 3.63) is 42.2 Å².